The zero-order valence-electron chi connectivity index (χ0n) is 10.2. The minimum atomic E-state index is -0.937. The highest BCUT2D eigenvalue weighted by atomic mass is 32.1. The second-order valence-corrected chi connectivity index (χ2v) is 5.08. The van der Waals surface area contributed by atoms with Gasteiger partial charge in [-0.05, 0) is 0 Å². The third kappa shape index (κ3) is 3.90. The van der Waals surface area contributed by atoms with Crippen LogP contribution in [-0.4, -0.2) is 52.8 Å². The van der Waals surface area contributed by atoms with Gasteiger partial charge in [0.15, 0.2) is 0 Å². The summed E-state index contributed by atoms with van der Waals surface area (Å²) in [5, 5.41) is 14.2. The second kappa shape index (κ2) is 6.48. The van der Waals surface area contributed by atoms with Crippen molar-refractivity contribution < 1.29 is 19.4 Å². The molecule has 1 aromatic rings. The van der Waals surface area contributed by atoms with E-state index >= 15 is 0 Å². The minimum absolute atomic E-state index is 0.106. The van der Waals surface area contributed by atoms with E-state index in [4.69, 9.17) is 9.84 Å². The van der Waals surface area contributed by atoms with Crippen molar-refractivity contribution in [2.45, 2.75) is 19.0 Å². The molecule has 0 radical (unpaired) electrons. The van der Waals surface area contributed by atoms with Gasteiger partial charge in [-0.2, -0.15) is 0 Å². The Labute approximate surface area is 114 Å². The zero-order chi connectivity index (χ0) is 13.7. The lowest BCUT2D eigenvalue weighted by molar-refractivity contribution is -0.139. The fraction of sp³-hybridized carbons (Fsp3) is 0.545. The molecule has 1 aliphatic heterocycles. The van der Waals surface area contributed by atoms with Crippen LogP contribution in [0.15, 0.2) is 11.6 Å². The van der Waals surface area contributed by atoms with E-state index in [1.54, 1.807) is 6.20 Å². The molecule has 1 fully saturated rings. The molecule has 0 bridgehead atoms. The maximum atomic E-state index is 12.0. The Kier molecular flexibility index (Phi) is 4.69. The molecule has 0 aliphatic carbocycles. The van der Waals surface area contributed by atoms with Gasteiger partial charge in [0.05, 0.1) is 32.2 Å². The van der Waals surface area contributed by atoms with E-state index in [0.717, 1.165) is 5.01 Å². The molecule has 1 atom stereocenters. The van der Waals surface area contributed by atoms with Crippen LogP contribution < -0.4 is 5.32 Å². The molecule has 1 aromatic heterocycles. The number of nitrogens with zero attached hydrogens (tertiary/aromatic N) is 2. The van der Waals surface area contributed by atoms with E-state index in [1.165, 1.54) is 16.2 Å². The van der Waals surface area contributed by atoms with Crippen LogP contribution in [0.1, 0.15) is 11.4 Å². The van der Waals surface area contributed by atoms with Crippen LogP contribution >= 0.6 is 11.3 Å². The number of carbonyl (C=O) groups is 2. The molecular weight excluding hydrogens is 270 g/mol. The molecule has 7 nitrogen and oxygen atoms in total. The van der Waals surface area contributed by atoms with Gasteiger partial charge in [-0.15, -0.1) is 11.3 Å². The Morgan fingerprint density at radius 2 is 2.47 bits per heavy atom. The summed E-state index contributed by atoms with van der Waals surface area (Å²) in [4.78, 5) is 28.4. The van der Waals surface area contributed by atoms with Crippen LogP contribution in [0.5, 0.6) is 0 Å². The summed E-state index contributed by atoms with van der Waals surface area (Å²) in [7, 11) is 0. The van der Waals surface area contributed by atoms with Crippen molar-refractivity contribution in [3.63, 3.8) is 0 Å². The first kappa shape index (κ1) is 13.8. The molecule has 0 spiro atoms. The number of amides is 2. The number of carboxylic acid groups (broad SMARTS) is 1. The molecule has 0 saturated carbocycles. The number of rotatable bonds is 4. The Morgan fingerprint density at radius 1 is 1.63 bits per heavy atom. The topological polar surface area (TPSA) is 91.8 Å². The van der Waals surface area contributed by atoms with Gasteiger partial charge in [0.1, 0.15) is 5.01 Å². The van der Waals surface area contributed by atoms with Crippen molar-refractivity contribution in [2.24, 2.45) is 0 Å². The minimum Gasteiger partial charge on any atom is -0.481 e. The molecule has 2 rings (SSSR count). The molecule has 1 unspecified atom stereocenters. The molecule has 0 aromatic carbocycles. The zero-order valence-corrected chi connectivity index (χ0v) is 11.1. The lowest BCUT2D eigenvalue weighted by Crippen LogP contribution is -2.53. The van der Waals surface area contributed by atoms with E-state index in [9.17, 15) is 9.59 Å². The predicted octanol–water partition coefficient (Wildman–Crippen LogP) is 0.528. The van der Waals surface area contributed by atoms with Gasteiger partial charge in [-0.25, -0.2) is 9.78 Å². The van der Waals surface area contributed by atoms with Crippen LogP contribution in [0.3, 0.4) is 0 Å². The van der Waals surface area contributed by atoms with Crippen molar-refractivity contribution in [3.05, 3.63) is 16.6 Å². The van der Waals surface area contributed by atoms with Gasteiger partial charge in [0, 0.05) is 18.1 Å². The third-order valence-corrected chi connectivity index (χ3v) is 3.55. The summed E-state index contributed by atoms with van der Waals surface area (Å²) in [5.74, 6) is -0.937. The number of thiazole rings is 1. The van der Waals surface area contributed by atoms with E-state index in [1.807, 2.05) is 5.38 Å². The first-order valence-electron chi connectivity index (χ1n) is 5.89. The average Bonchev–Trinajstić information content (AvgIpc) is 2.89. The normalized spacial score (nSPS) is 19.2. The molecule has 2 heterocycles. The first-order valence-corrected chi connectivity index (χ1v) is 6.77. The monoisotopic (exact) mass is 285 g/mol. The van der Waals surface area contributed by atoms with Gasteiger partial charge < -0.3 is 20.1 Å². The molecular formula is C11H15N3O4S. The number of carbonyl (C=O) groups excluding carboxylic acids is 1. The van der Waals surface area contributed by atoms with Gasteiger partial charge >= 0.3 is 12.0 Å². The lowest BCUT2D eigenvalue weighted by Gasteiger charge is -2.34. The molecule has 1 aliphatic rings. The van der Waals surface area contributed by atoms with E-state index < -0.39 is 12.0 Å². The summed E-state index contributed by atoms with van der Waals surface area (Å²) in [6, 6.07) is -0.688. The van der Waals surface area contributed by atoms with Gasteiger partial charge in [0.25, 0.3) is 0 Å². The Hall–Kier alpha value is -1.67. The first-order chi connectivity index (χ1) is 9.16. The highest BCUT2D eigenvalue weighted by molar-refractivity contribution is 7.09. The lowest BCUT2D eigenvalue weighted by atomic mass is 10.1. The molecule has 2 amide bonds. The summed E-state index contributed by atoms with van der Waals surface area (Å²) in [5.41, 5.74) is 0. The number of ether oxygens (including phenoxy) is 1. The summed E-state index contributed by atoms with van der Waals surface area (Å²) in [6.07, 6.45) is 1.57. The smallest absolute Gasteiger partial charge is 0.318 e. The van der Waals surface area contributed by atoms with E-state index in [-0.39, 0.29) is 19.1 Å². The Morgan fingerprint density at radius 3 is 3.16 bits per heavy atom. The number of morpholine rings is 1. The van der Waals surface area contributed by atoms with Gasteiger partial charge in [-0.1, -0.05) is 0 Å². The van der Waals surface area contributed by atoms with E-state index in [2.05, 4.69) is 10.3 Å². The summed E-state index contributed by atoms with van der Waals surface area (Å²) >= 11 is 1.46. The standard InChI is InChI=1S/C11H15N3O4S/c15-10(16)5-8-7-18-3-2-14(8)11(17)13-6-9-12-1-4-19-9/h1,4,8H,2-3,5-7H2,(H,13,17)(H,15,16). The van der Waals surface area contributed by atoms with Crippen LogP contribution in [0.25, 0.3) is 0 Å². The highest BCUT2D eigenvalue weighted by Crippen LogP contribution is 2.11. The third-order valence-electron chi connectivity index (χ3n) is 2.77. The maximum Gasteiger partial charge on any atom is 0.318 e. The number of carboxylic acids is 1. The number of aliphatic carboxylic acids is 1. The molecule has 104 valence electrons. The quantitative estimate of drug-likeness (QED) is 0.842. The molecule has 19 heavy (non-hydrogen) atoms. The van der Waals surface area contributed by atoms with Crippen molar-refractivity contribution in [2.75, 3.05) is 19.8 Å². The van der Waals surface area contributed by atoms with E-state index in [0.29, 0.717) is 19.7 Å². The Bertz CT molecular complexity index is 437. The van der Waals surface area contributed by atoms with Gasteiger partial charge in [0.2, 0.25) is 0 Å². The number of hydrogen-bond acceptors (Lipinski definition) is 5. The molecule has 2 N–H and O–H groups in total. The largest absolute Gasteiger partial charge is 0.481 e. The SMILES string of the molecule is O=C(O)CC1COCCN1C(=O)NCc1nccs1. The van der Waals surface area contributed by atoms with Crippen molar-refractivity contribution >= 4 is 23.3 Å². The second-order valence-electron chi connectivity index (χ2n) is 4.10. The van der Waals surface area contributed by atoms with Crippen LogP contribution in [0.2, 0.25) is 0 Å². The molecule has 8 heteroatoms. The fourth-order valence-electron chi connectivity index (χ4n) is 1.89. The van der Waals surface area contributed by atoms with Crippen molar-refractivity contribution in [1.29, 1.82) is 0 Å². The van der Waals surface area contributed by atoms with Crippen LogP contribution in [0, 0.1) is 0 Å². The number of nitrogens with one attached hydrogen (secondary N) is 1. The number of urea groups is 1. The highest BCUT2D eigenvalue weighted by Gasteiger charge is 2.28. The molecule has 1 saturated heterocycles. The van der Waals surface area contributed by atoms with Crippen LogP contribution in [-0.2, 0) is 16.1 Å². The Balaban J connectivity index is 1.89. The average molecular weight is 285 g/mol. The van der Waals surface area contributed by atoms with Crippen molar-refractivity contribution in [1.82, 2.24) is 15.2 Å². The van der Waals surface area contributed by atoms with Gasteiger partial charge in [-0.3, -0.25) is 4.79 Å². The maximum absolute atomic E-state index is 12.0. The number of hydrogen-bond donors (Lipinski definition) is 2. The number of aromatic nitrogens is 1. The van der Waals surface area contributed by atoms with Crippen LogP contribution in [0.4, 0.5) is 4.79 Å². The fourth-order valence-corrected chi connectivity index (χ4v) is 2.44. The predicted molar refractivity (Wildman–Crippen MR) is 67.9 cm³/mol. The van der Waals surface area contributed by atoms with Crippen molar-refractivity contribution in [3.8, 4) is 0 Å². The summed E-state index contributed by atoms with van der Waals surface area (Å²) < 4.78 is 5.22. The summed E-state index contributed by atoms with van der Waals surface area (Å²) in [6.45, 7) is 1.45.